The lowest BCUT2D eigenvalue weighted by Gasteiger charge is -2.34. The Bertz CT molecular complexity index is 791. The molecular weight excluding hydrogens is 517 g/mol. The molecule has 1 unspecified atom stereocenters. The summed E-state index contributed by atoms with van der Waals surface area (Å²) in [6.07, 6.45) is 2.29. The molecule has 4 N–H and O–H groups in total. The molecule has 11 heteroatoms. The quantitative estimate of drug-likeness (QED) is 0.208. The van der Waals surface area contributed by atoms with Gasteiger partial charge in [-0.1, -0.05) is 17.7 Å². The van der Waals surface area contributed by atoms with Crippen molar-refractivity contribution in [3.63, 3.8) is 0 Å². The molecule has 1 aliphatic heterocycles. The Hall–Kier alpha value is -1.11. The molecular formula is C17H27ClIN5O3S. The van der Waals surface area contributed by atoms with E-state index in [1.54, 1.807) is 19.2 Å². The predicted molar refractivity (Wildman–Crippen MR) is 122 cm³/mol. The topological polar surface area (TPSA) is 117 Å². The van der Waals surface area contributed by atoms with Crippen molar-refractivity contribution >= 4 is 57.5 Å². The minimum atomic E-state index is -3.61. The maximum atomic E-state index is 12.3. The fraction of sp³-hybridized carbons (Fsp3) is 0.529. The van der Waals surface area contributed by atoms with Crippen LogP contribution in [0.4, 0.5) is 0 Å². The van der Waals surface area contributed by atoms with Crippen molar-refractivity contribution in [1.29, 1.82) is 0 Å². The molecule has 158 valence electrons. The van der Waals surface area contributed by atoms with E-state index in [1.165, 1.54) is 12.1 Å². The number of benzene rings is 1. The summed E-state index contributed by atoms with van der Waals surface area (Å²) in [5.41, 5.74) is 5.30. The minimum absolute atomic E-state index is 0. The van der Waals surface area contributed by atoms with Crippen LogP contribution in [0.2, 0.25) is 5.02 Å². The number of carbonyl (C=O) groups excluding carboxylic acids is 1. The maximum absolute atomic E-state index is 12.3. The van der Waals surface area contributed by atoms with Gasteiger partial charge in [0.25, 0.3) is 0 Å². The van der Waals surface area contributed by atoms with Gasteiger partial charge in [-0.25, -0.2) is 13.1 Å². The molecule has 0 radical (unpaired) electrons. The summed E-state index contributed by atoms with van der Waals surface area (Å²) in [7, 11) is -1.94. The second-order valence-electron chi connectivity index (χ2n) is 6.45. The number of hydrogen-bond acceptors (Lipinski definition) is 4. The van der Waals surface area contributed by atoms with E-state index in [9.17, 15) is 13.2 Å². The van der Waals surface area contributed by atoms with E-state index in [2.05, 4.69) is 19.9 Å². The zero-order valence-electron chi connectivity index (χ0n) is 15.7. The van der Waals surface area contributed by atoms with Crippen molar-refractivity contribution in [1.82, 2.24) is 14.9 Å². The first kappa shape index (κ1) is 24.9. The molecule has 0 saturated carbocycles. The Balaban J connectivity index is 0.00000392. The minimum Gasteiger partial charge on any atom is -0.370 e. The molecule has 1 atom stereocenters. The number of sulfonamides is 1. The van der Waals surface area contributed by atoms with Crippen LogP contribution >= 0.6 is 35.6 Å². The van der Waals surface area contributed by atoms with E-state index in [0.29, 0.717) is 30.5 Å². The molecule has 0 bridgehead atoms. The number of nitrogens with two attached hydrogens (primary N) is 1. The summed E-state index contributed by atoms with van der Waals surface area (Å²) in [6.45, 7) is 2.12. The van der Waals surface area contributed by atoms with Crippen LogP contribution in [0.5, 0.6) is 0 Å². The summed E-state index contributed by atoms with van der Waals surface area (Å²) in [4.78, 5) is 17.6. The van der Waals surface area contributed by atoms with E-state index in [4.69, 9.17) is 17.3 Å². The molecule has 8 nitrogen and oxygen atoms in total. The number of likely N-dealkylation sites (tertiary alicyclic amines) is 1. The van der Waals surface area contributed by atoms with Gasteiger partial charge in [0.1, 0.15) is 0 Å². The number of amides is 1. The van der Waals surface area contributed by atoms with E-state index in [-0.39, 0.29) is 47.2 Å². The zero-order valence-corrected chi connectivity index (χ0v) is 19.6. The third-order valence-corrected chi connectivity index (χ3v) is 6.02. The lowest BCUT2D eigenvalue weighted by molar-refractivity contribution is -0.119. The first-order chi connectivity index (χ1) is 12.8. The van der Waals surface area contributed by atoms with Crippen LogP contribution < -0.4 is 15.8 Å². The third kappa shape index (κ3) is 7.72. The Morgan fingerprint density at radius 2 is 2.14 bits per heavy atom. The van der Waals surface area contributed by atoms with Crippen molar-refractivity contribution in [2.24, 2.45) is 16.6 Å². The van der Waals surface area contributed by atoms with Gasteiger partial charge in [0.15, 0.2) is 5.96 Å². The van der Waals surface area contributed by atoms with E-state index < -0.39 is 10.0 Å². The average molecular weight is 544 g/mol. The van der Waals surface area contributed by atoms with E-state index in [1.807, 2.05) is 0 Å². The molecule has 2 rings (SSSR count). The number of carbonyl (C=O) groups is 1. The normalized spacial score (nSPS) is 17.7. The van der Waals surface area contributed by atoms with Gasteiger partial charge in [0.2, 0.25) is 15.9 Å². The van der Waals surface area contributed by atoms with Crippen molar-refractivity contribution in [3.8, 4) is 0 Å². The van der Waals surface area contributed by atoms with Crippen LogP contribution in [0.3, 0.4) is 0 Å². The second kappa shape index (κ2) is 11.8. The first-order valence-electron chi connectivity index (χ1n) is 8.81. The molecule has 1 amide bonds. The Kier molecular flexibility index (Phi) is 10.5. The van der Waals surface area contributed by atoms with Crippen molar-refractivity contribution < 1.29 is 13.2 Å². The van der Waals surface area contributed by atoms with Gasteiger partial charge in [-0.3, -0.25) is 9.79 Å². The number of primary amides is 1. The molecule has 1 heterocycles. The van der Waals surface area contributed by atoms with Crippen LogP contribution in [-0.2, 0) is 14.8 Å². The number of piperidine rings is 1. The highest BCUT2D eigenvalue weighted by Crippen LogP contribution is 2.19. The SMILES string of the molecule is CN=C(NCCNS(=O)(=O)c1cccc(Cl)c1)N1CCCC(CC(N)=O)C1.I. The van der Waals surface area contributed by atoms with E-state index >= 15 is 0 Å². The number of rotatable bonds is 7. The Morgan fingerprint density at radius 1 is 1.39 bits per heavy atom. The average Bonchev–Trinajstić information content (AvgIpc) is 2.61. The summed E-state index contributed by atoms with van der Waals surface area (Å²) in [5, 5.41) is 3.52. The fourth-order valence-electron chi connectivity index (χ4n) is 3.12. The predicted octanol–water partition coefficient (Wildman–Crippen LogP) is 1.40. The van der Waals surface area contributed by atoms with Gasteiger partial charge in [-0.2, -0.15) is 0 Å². The Morgan fingerprint density at radius 3 is 2.79 bits per heavy atom. The molecule has 1 fully saturated rings. The highest BCUT2D eigenvalue weighted by atomic mass is 127. The molecule has 0 spiro atoms. The summed E-state index contributed by atoms with van der Waals surface area (Å²) >= 11 is 5.85. The maximum Gasteiger partial charge on any atom is 0.240 e. The number of halogens is 2. The molecule has 1 saturated heterocycles. The van der Waals surface area contributed by atoms with Crippen molar-refractivity contribution in [3.05, 3.63) is 29.3 Å². The van der Waals surface area contributed by atoms with Crippen LogP contribution in [0.15, 0.2) is 34.2 Å². The van der Waals surface area contributed by atoms with Gasteiger partial charge in [-0.05, 0) is 37.0 Å². The van der Waals surface area contributed by atoms with Gasteiger partial charge in [-0.15, -0.1) is 24.0 Å². The number of hydrogen-bond donors (Lipinski definition) is 3. The van der Waals surface area contributed by atoms with Gasteiger partial charge >= 0.3 is 0 Å². The number of nitrogens with zero attached hydrogens (tertiary/aromatic N) is 2. The van der Waals surface area contributed by atoms with E-state index in [0.717, 1.165) is 19.4 Å². The van der Waals surface area contributed by atoms with Gasteiger partial charge in [0, 0.05) is 44.7 Å². The lowest BCUT2D eigenvalue weighted by atomic mass is 9.95. The third-order valence-electron chi connectivity index (χ3n) is 4.33. The molecule has 0 aromatic heterocycles. The standard InChI is InChI=1S/C17H26ClN5O3S.HI/c1-20-17(23-9-3-4-13(12-23)10-16(19)24)21-7-8-22-27(25,26)15-6-2-5-14(18)11-15;/h2,5-6,11,13,22H,3-4,7-10,12H2,1H3,(H2,19,24)(H,20,21);1H. The Labute approximate surface area is 188 Å². The highest BCUT2D eigenvalue weighted by molar-refractivity contribution is 14.0. The number of nitrogens with one attached hydrogen (secondary N) is 2. The van der Waals surface area contributed by atoms with Crippen LogP contribution in [-0.4, -0.2) is 58.4 Å². The van der Waals surface area contributed by atoms with Crippen molar-refractivity contribution in [2.75, 3.05) is 33.2 Å². The lowest BCUT2D eigenvalue weighted by Crippen LogP contribution is -2.48. The van der Waals surface area contributed by atoms with Gasteiger partial charge in [0.05, 0.1) is 4.90 Å². The second-order valence-corrected chi connectivity index (χ2v) is 8.66. The number of aliphatic imine (C=N–C) groups is 1. The van der Waals surface area contributed by atoms with Crippen LogP contribution in [0.25, 0.3) is 0 Å². The molecule has 0 aliphatic carbocycles. The highest BCUT2D eigenvalue weighted by Gasteiger charge is 2.23. The summed E-state index contributed by atoms with van der Waals surface area (Å²) in [6, 6.07) is 6.11. The molecule has 1 aromatic rings. The van der Waals surface area contributed by atoms with Crippen molar-refractivity contribution in [2.45, 2.75) is 24.2 Å². The zero-order chi connectivity index (χ0) is 19.9. The fourth-order valence-corrected chi connectivity index (χ4v) is 4.45. The summed E-state index contributed by atoms with van der Waals surface area (Å²) in [5.74, 6) is 0.613. The molecule has 28 heavy (non-hydrogen) atoms. The first-order valence-corrected chi connectivity index (χ1v) is 10.7. The monoisotopic (exact) mass is 543 g/mol. The number of guanidine groups is 1. The molecule has 1 aliphatic rings. The molecule has 1 aromatic carbocycles. The van der Waals surface area contributed by atoms with Crippen LogP contribution in [0.1, 0.15) is 19.3 Å². The largest absolute Gasteiger partial charge is 0.370 e. The van der Waals surface area contributed by atoms with Crippen LogP contribution in [0, 0.1) is 5.92 Å². The van der Waals surface area contributed by atoms with Gasteiger partial charge < -0.3 is 16.0 Å². The summed E-state index contributed by atoms with van der Waals surface area (Å²) < 4.78 is 27.1. The smallest absolute Gasteiger partial charge is 0.240 e.